The van der Waals surface area contributed by atoms with E-state index < -0.39 is 28.8 Å². The maximum absolute atomic E-state index is 11.2. The molecule has 3 N–H and O–H groups in total. The number of aliphatic carboxylic acids is 2. The van der Waals surface area contributed by atoms with E-state index in [1.54, 1.807) is 42.5 Å². The van der Waals surface area contributed by atoms with Gasteiger partial charge in [0.1, 0.15) is 18.4 Å². The average molecular weight is 388 g/mol. The van der Waals surface area contributed by atoms with Gasteiger partial charge in [0.05, 0.1) is 10.5 Å². The molecule has 2 aromatic carbocycles. The summed E-state index contributed by atoms with van der Waals surface area (Å²) in [5.74, 6) is -4.14. The van der Waals surface area contributed by atoms with E-state index in [4.69, 9.17) is 14.9 Å². The Morgan fingerprint density at radius 2 is 1.71 bits per heavy atom. The van der Waals surface area contributed by atoms with Gasteiger partial charge in [-0.3, -0.25) is 14.9 Å². The number of rotatable bonds is 8. The number of carbonyl (C=O) groups excluding carboxylic acids is 1. The van der Waals surface area contributed by atoms with Crippen LogP contribution in [0.25, 0.3) is 0 Å². The molecule has 0 saturated heterocycles. The summed E-state index contributed by atoms with van der Waals surface area (Å²) in [4.78, 5) is 43.4. The highest BCUT2D eigenvalue weighted by atomic mass is 16.6. The molecule has 0 saturated carbocycles. The standard InChI is InChI=1S/C18H16N2O8/c21-16(18(24)25)19-14(17(22)23)9-11-5-7-13(8-6-11)28-10-12-3-1-2-4-15(12)20(26)27/h1-8,14H,9-10H2,(H,19,21)(H,22,23)(H,24,25)/t14-/m1/s1. The zero-order chi connectivity index (χ0) is 20.7. The lowest BCUT2D eigenvalue weighted by Crippen LogP contribution is -2.45. The van der Waals surface area contributed by atoms with Gasteiger partial charge in [-0.15, -0.1) is 0 Å². The Morgan fingerprint density at radius 3 is 2.29 bits per heavy atom. The molecule has 0 bridgehead atoms. The minimum absolute atomic E-state index is 0.0249. The molecular formula is C18H16N2O8. The number of benzene rings is 2. The van der Waals surface area contributed by atoms with Crippen molar-refractivity contribution in [2.75, 3.05) is 0 Å². The van der Waals surface area contributed by atoms with Gasteiger partial charge in [0.2, 0.25) is 0 Å². The first-order valence-corrected chi connectivity index (χ1v) is 7.98. The molecular weight excluding hydrogens is 372 g/mol. The third kappa shape index (κ3) is 5.53. The first-order chi connectivity index (χ1) is 13.3. The van der Waals surface area contributed by atoms with Crippen molar-refractivity contribution in [3.8, 4) is 5.75 Å². The second-order valence-corrected chi connectivity index (χ2v) is 5.69. The van der Waals surface area contributed by atoms with E-state index in [9.17, 15) is 24.5 Å². The highest BCUT2D eigenvalue weighted by molar-refractivity contribution is 6.31. The first kappa shape index (κ1) is 20.4. The first-order valence-electron chi connectivity index (χ1n) is 7.98. The topological polar surface area (TPSA) is 156 Å². The lowest BCUT2D eigenvalue weighted by molar-refractivity contribution is -0.385. The van der Waals surface area contributed by atoms with Crippen molar-refractivity contribution in [2.24, 2.45) is 0 Å². The summed E-state index contributed by atoms with van der Waals surface area (Å²) < 4.78 is 5.52. The van der Waals surface area contributed by atoms with Crippen LogP contribution in [0.4, 0.5) is 5.69 Å². The van der Waals surface area contributed by atoms with Crippen LogP contribution >= 0.6 is 0 Å². The van der Waals surface area contributed by atoms with Crippen molar-refractivity contribution in [2.45, 2.75) is 19.1 Å². The Bertz CT molecular complexity index is 895. The van der Waals surface area contributed by atoms with Gasteiger partial charge in [-0.1, -0.05) is 24.3 Å². The lowest BCUT2D eigenvalue weighted by Gasteiger charge is -2.13. The van der Waals surface area contributed by atoms with E-state index in [0.29, 0.717) is 16.9 Å². The van der Waals surface area contributed by atoms with Gasteiger partial charge in [-0.2, -0.15) is 0 Å². The Balaban J connectivity index is 2.01. The van der Waals surface area contributed by atoms with E-state index in [-0.39, 0.29) is 18.7 Å². The number of nitro groups is 1. The molecule has 10 heteroatoms. The molecule has 0 aliphatic heterocycles. The van der Waals surface area contributed by atoms with Crippen LogP contribution in [-0.2, 0) is 27.4 Å². The smallest absolute Gasteiger partial charge is 0.394 e. The van der Waals surface area contributed by atoms with Crippen LogP contribution in [0.5, 0.6) is 5.75 Å². The summed E-state index contributed by atoms with van der Waals surface area (Å²) >= 11 is 0. The molecule has 2 aromatic rings. The highest BCUT2D eigenvalue weighted by Crippen LogP contribution is 2.21. The van der Waals surface area contributed by atoms with Crippen LogP contribution in [0.1, 0.15) is 11.1 Å². The molecule has 146 valence electrons. The van der Waals surface area contributed by atoms with Crippen molar-refractivity contribution in [1.82, 2.24) is 5.32 Å². The fourth-order valence-electron chi connectivity index (χ4n) is 2.35. The van der Waals surface area contributed by atoms with E-state index in [0.717, 1.165) is 0 Å². The van der Waals surface area contributed by atoms with Gasteiger partial charge in [0.25, 0.3) is 5.69 Å². The summed E-state index contributed by atoms with van der Waals surface area (Å²) in [6.45, 7) is -0.0249. The predicted molar refractivity (Wildman–Crippen MR) is 94.8 cm³/mol. The summed E-state index contributed by atoms with van der Waals surface area (Å²) in [5.41, 5.74) is 0.868. The molecule has 0 aromatic heterocycles. The van der Waals surface area contributed by atoms with E-state index in [1.807, 2.05) is 5.32 Å². The molecule has 28 heavy (non-hydrogen) atoms. The molecule has 0 fully saturated rings. The molecule has 0 aliphatic rings. The normalized spacial score (nSPS) is 11.3. The van der Waals surface area contributed by atoms with E-state index in [2.05, 4.69) is 0 Å². The quantitative estimate of drug-likeness (QED) is 0.348. The number of nitrogens with one attached hydrogen (secondary N) is 1. The minimum Gasteiger partial charge on any atom is -0.489 e. The van der Waals surface area contributed by atoms with Crippen molar-refractivity contribution in [3.05, 3.63) is 69.8 Å². The fraction of sp³-hybridized carbons (Fsp3) is 0.167. The maximum Gasteiger partial charge on any atom is 0.394 e. The van der Waals surface area contributed by atoms with Crippen LogP contribution in [0.2, 0.25) is 0 Å². The molecule has 0 aliphatic carbocycles. The molecule has 10 nitrogen and oxygen atoms in total. The van der Waals surface area contributed by atoms with Crippen molar-refractivity contribution in [1.29, 1.82) is 0 Å². The number of ether oxygens (including phenoxy) is 1. The third-order valence-electron chi connectivity index (χ3n) is 3.74. The number of carboxylic acids is 2. The van der Waals surface area contributed by atoms with Gasteiger partial charge in [-0.05, 0) is 23.8 Å². The highest BCUT2D eigenvalue weighted by Gasteiger charge is 2.23. The summed E-state index contributed by atoms with van der Waals surface area (Å²) in [6.07, 6.45) is -0.126. The largest absolute Gasteiger partial charge is 0.489 e. The van der Waals surface area contributed by atoms with Gasteiger partial charge >= 0.3 is 17.8 Å². The second-order valence-electron chi connectivity index (χ2n) is 5.69. The van der Waals surface area contributed by atoms with Crippen LogP contribution in [0.15, 0.2) is 48.5 Å². The Labute approximate surface area is 158 Å². The van der Waals surface area contributed by atoms with Crippen LogP contribution in [0.3, 0.4) is 0 Å². The monoisotopic (exact) mass is 388 g/mol. The number of nitrogens with zero attached hydrogens (tertiary/aromatic N) is 1. The maximum atomic E-state index is 11.2. The molecule has 0 unspecified atom stereocenters. The molecule has 0 spiro atoms. The number of nitro benzene ring substituents is 1. The summed E-state index contributed by atoms with van der Waals surface area (Å²) in [6, 6.07) is 11.0. The second kappa shape index (κ2) is 9.12. The number of hydrogen-bond acceptors (Lipinski definition) is 6. The Kier molecular flexibility index (Phi) is 6.63. The molecule has 2 rings (SSSR count). The average Bonchev–Trinajstić information content (AvgIpc) is 2.66. The zero-order valence-corrected chi connectivity index (χ0v) is 14.4. The SMILES string of the molecule is O=C(O)C(=O)N[C@H](Cc1ccc(OCc2ccccc2[N+](=O)[O-])cc1)C(=O)O. The molecule has 1 atom stereocenters. The van der Waals surface area contributed by atoms with Crippen LogP contribution in [0, 0.1) is 10.1 Å². The summed E-state index contributed by atoms with van der Waals surface area (Å²) in [7, 11) is 0. The van der Waals surface area contributed by atoms with Gasteiger partial charge < -0.3 is 20.3 Å². The van der Waals surface area contributed by atoms with E-state index >= 15 is 0 Å². The third-order valence-corrected chi connectivity index (χ3v) is 3.74. The summed E-state index contributed by atoms with van der Waals surface area (Å²) in [5, 5.41) is 30.6. The predicted octanol–water partition coefficient (Wildman–Crippen LogP) is 1.37. The van der Waals surface area contributed by atoms with Crippen molar-refractivity contribution >= 4 is 23.5 Å². The Morgan fingerprint density at radius 1 is 1.07 bits per heavy atom. The van der Waals surface area contributed by atoms with Gasteiger partial charge in [-0.25, -0.2) is 9.59 Å². The number of carboxylic acid groups (broad SMARTS) is 2. The van der Waals surface area contributed by atoms with E-state index in [1.165, 1.54) is 6.07 Å². The van der Waals surface area contributed by atoms with Gasteiger partial charge in [0.15, 0.2) is 0 Å². The van der Waals surface area contributed by atoms with Crippen LogP contribution in [-0.4, -0.2) is 39.0 Å². The van der Waals surface area contributed by atoms with Gasteiger partial charge in [0, 0.05) is 12.5 Å². The number of amides is 1. The minimum atomic E-state index is -1.77. The number of para-hydroxylation sites is 1. The lowest BCUT2D eigenvalue weighted by atomic mass is 10.1. The van der Waals surface area contributed by atoms with Crippen molar-refractivity contribution < 1.29 is 34.3 Å². The number of carbonyl (C=O) groups is 3. The molecule has 0 heterocycles. The molecule has 0 radical (unpaired) electrons. The number of hydrogen-bond donors (Lipinski definition) is 3. The zero-order valence-electron chi connectivity index (χ0n) is 14.4. The Hall–Kier alpha value is -3.95. The fourth-order valence-corrected chi connectivity index (χ4v) is 2.35. The van der Waals surface area contributed by atoms with Crippen molar-refractivity contribution in [3.63, 3.8) is 0 Å². The van der Waals surface area contributed by atoms with Crippen LogP contribution < -0.4 is 10.1 Å². The molecule has 1 amide bonds.